The molecule has 3 aromatic carbocycles. The summed E-state index contributed by atoms with van der Waals surface area (Å²) in [7, 11) is -3.74. The highest BCUT2D eigenvalue weighted by Gasteiger charge is 2.24. The Hall–Kier alpha value is -3.66. The minimum Gasteiger partial charge on any atom is -0.494 e. The van der Waals surface area contributed by atoms with Gasteiger partial charge in [0, 0.05) is 24.5 Å². The number of hydrogen-bond donors (Lipinski definition) is 1. The van der Waals surface area contributed by atoms with Crippen molar-refractivity contribution in [2.75, 3.05) is 24.0 Å². The lowest BCUT2D eigenvalue weighted by Crippen LogP contribution is -2.30. The van der Waals surface area contributed by atoms with Gasteiger partial charge in [-0.1, -0.05) is 55.8 Å². The van der Waals surface area contributed by atoms with E-state index in [-0.39, 0.29) is 11.4 Å². The molecule has 1 aromatic heterocycles. The number of benzene rings is 3. The predicted octanol–water partition coefficient (Wildman–Crippen LogP) is 6.90. The van der Waals surface area contributed by atoms with Gasteiger partial charge in [0.15, 0.2) is 0 Å². The zero-order valence-electron chi connectivity index (χ0n) is 23.4. The third kappa shape index (κ3) is 8.19. The number of hydrogen-bond acceptors (Lipinski definition) is 6. The molecule has 0 spiro atoms. The Morgan fingerprint density at radius 1 is 0.902 bits per heavy atom. The van der Waals surface area contributed by atoms with Gasteiger partial charge in [0.2, 0.25) is 0 Å². The number of aliphatic carboxylic acids is 1. The van der Waals surface area contributed by atoms with Gasteiger partial charge in [-0.15, -0.1) is 11.3 Å². The second-order valence-corrected chi connectivity index (χ2v) is 12.6. The lowest BCUT2D eigenvalue weighted by atomic mass is 10.1. The molecule has 0 aliphatic carbocycles. The molecular formula is C32H36N2O5S2. The molecule has 0 fully saturated rings. The molecule has 0 radical (unpaired) electrons. The first-order valence-corrected chi connectivity index (χ1v) is 16.0. The quantitative estimate of drug-likeness (QED) is 0.151. The monoisotopic (exact) mass is 592 g/mol. The van der Waals surface area contributed by atoms with Gasteiger partial charge >= 0.3 is 5.97 Å². The van der Waals surface area contributed by atoms with E-state index in [1.165, 1.54) is 4.31 Å². The topological polar surface area (TPSA) is 87.2 Å². The van der Waals surface area contributed by atoms with E-state index in [0.717, 1.165) is 34.4 Å². The van der Waals surface area contributed by atoms with E-state index in [4.69, 9.17) is 4.74 Å². The minimum absolute atomic E-state index is 0.0489. The summed E-state index contributed by atoms with van der Waals surface area (Å²) in [5.74, 6) is -0.203. The van der Waals surface area contributed by atoms with E-state index in [0.29, 0.717) is 37.7 Å². The Morgan fingerprint density at radius 3 is 2.24 bits per heavy atom. The van der Waals surface area contributed by atoms with Crippen molar-refractivity contribution in [1.29, 1.82) is 0 Å². The van der Waals surface area contributed by atoms with Crippen molar-refractivity contribution >= 4 is 33.0 Å². The summed E-state index contributed by atoms with van der Waals surface area (Å²) in [5, 5.41) is 11.5. The first-order chi connectivity index (χ1) is 19.8. The number of anilines is 1. The molecule has 0 unspecified atom stereocenters. The van der Waals surface area contributed by atoms with Crippen LogP contribution in [-0.4, -0.2) is 44.1 Å². The molecule has 7 nitrogen and oxygen atoms in total. The van der Waals surface area contributed by atoms with Crippen LogP contribution >= 0.6 is 11.3 Å². The average molecular weight is 593 g/mol. The first kappa shape index (κ1) is 30.3. The molecule has 41 heavy (non-hydrogen) atoms. The van der Waals surface area contributed by atoms with Crippen molar-refractivity contribution in [1.82, 2.24) is 4.90 Å². The molecule has 0 aliphatic heterocycles. The molecule has 4 rings (SSSR count). The fourth-order valence-electron chi connectivity index (χ4n) is 4.52. The smallest absolute Gasteiger partial charge is 0.317 e. The Labute approximate surface area is 246 Å². The van der Waals surface area contributed by atoms with Crippen molar-refractivity contribution in [3.63, 3.8) is 0 Å². The van der Waals surface area contributed by atoms with Gasteiger partial charge < -0.3 is 9.84 Å². The van der Waals surface area contributed by atoms with E-state index in [1.807, 2.05) is 71.8 Å². The largest absolute Gasteiger partial charge is 0.494 e. The van der Waals surface area contributed by atoms with Crippen LogP contribution in [0.1, 0.15) is 37.1 Å². The van der Waals surface area contributed by atoms with Crippen molar-refractivity contribution in [3.8, 4) is 16.9 Å². The van der Waals surface area contributed by atoms with E-state index < -0.39 is 16.0 Å². The van der Waals surface area contributed by atoms with Crippen LogP contribution in [0.15, 0.2) is 95.2 Å². The van der Waals surface area contributed by atoms with Crippen molar-refractivity contribution in [2.45, 2.75) is 44.7 Å². The van der Waals surface area contributed by atoms with Gasteiger partial charge in [0.05, 0.1) is 23.7 Å². The van der Waals surface area contributed by atoms with E-state index in [1.54, 1.807) is 35.6 Å². The summed E-state index contributed by atoms with van der Waals surface area (Å²) in [5.41, 5.74) is 3.63. The molecule has 0 bridgehead atoms. The number of thiophene rings is 1. The van der Waals surface area contributed by atoms with Gasteiger partial charge in [-0.3, -0.25) is 14.0 Å². The second-order valence-electron chi connectivity index (χ2n) is 9.72. The summed E-state index contributed by atoms with van der Waals surface area (Å²) in [6.45, 7) is 5.83. The van der Waals surface area contributed by atoms with Gasteiger partial charge in [0.25, 0.3) is 10.0 Å². The van der Waals surface area contributed by atoms with Crippen molar-refractivity contribution < 1.29 is 23.1 Å². The second kappa shape index (κ2) is 14.3. The summed E-state index contributed by atoms with van der Waals surface area (Å²) in [4.78, 5) is 14.6. The van der Waals surface area contributed by atoms with E-state index in [2.05, 4.69) is 13.0 Å². The summed E-state index contributed by atoms with van der Waals surface area (Å²) >= 11 is 1.58. The van der Waals surface area contributed by atoms with Gasteiger partial charge in [-0.05, 0) is 77.9 Å². The van der Waals surface area contributed by atoms with E-state index in [9.17, 15) is 18.3 Å². The summed E-state index contributed by atoms with van der Waals surface area (Å²) in [6, 6.07) is 26.0. The molecule has 0 aliphatic rings. The molecule has 216 valence electrons. The summed E-state index contributed by atoms with van der Waals surface area (Å²) in [6.07, 6.45) is 1.98. The average Bonchev–Trinajstić information content (AvgIpc) is 3.43. The van der Waals surface area contributed by atoms with Gasteiger partial charge in [-0.2, -0.15) is 0 Å². The lowest BCUT2D eigenvalue weighted by molar-refractivity contribution is -0.138. The standard InChI is InChI=1S/C32H36N2O5S2/c1-3-5-19-39-29-15-17-31(18-16-29)41(37,38)34(4-2)28-13-11-26(12-14-28)27-20-30(40-24-27)22-33(23-32(35)36)21-25-9-7-6-8-10-25/h6-18,20,24H,3-5,19,21-23H2,1-2H3,(H,35,36). The molecule has 0 amide bonds. The van der Waals surface area contributed by atoms with Gasteiger partial charge in [0.1, 0.15) is 5.75 Å². The van der Waals surface area contributed by atoms with Crippen molar-refractivity contribution in [2.24, 2.45) is 0 Å². The number of carboxylic acids is 1. The Balaban J connectivity index is 1.46. The predicted molar refractivity (Wildman–Crippen MR) is 165 cm³/mol. The maximum Gasteiger partial charge on any atom is 0.317 e. The molecule has 0 saturated heterocycles. The molecule has 1 N–H and O–H groups in total. The van der Waals surface area contributed by atoms with Crippen LogP contribution < -0.4 is 9.04 Å². The molecule has 9 heteroatoms. The zero-order chi connectivity index (χ0) is 29.2. The summed E-state index contributed by atoms with van der Waals surface area (Å²) < 4.78 is 34.0. The Kier molecular flexibility index (Phi) is 10.6. The number of ether oxygens (including phenoxy) is 1. The molecule has 4 aromatic rings. The molecular weight excluding hydrogens is 556 g/mol. The fourth-order valence-corrected chi connectivity index (χ4v) is 6.93. The molecule has 0 atom stereocenters. The Bertz CT molecular complexity index is 1500. The van der Waals surface area contributed by atoms with Crippen LogP contribution in [0.25, 0.3) is 11.1 Å². The first-order valence-electron chi connectivity index (χ1n) is 13.7. The zero-order valence-corrected chi connectivity index (χ0v) is 25.0. The van der Waals surface area contributed by atoms with E-state index >= 15 is 0 Å². The van der Waals surface area contributed by atoms with Crippen LogP contribution in [-0.2, 0) is 27.9 Å². The highest BCUT2D eigenvalue weighted by molar-refractivity contribution is 7.92. The van der Waals surface area contributed by atoms with Crippen LogP contribution in [0.4, 0.5) is 5.69 Å². The van der Waals surface area contributed by atoms with Gasteiger partial charge in [-0.25, -0.2) is 8.42 Å². The number of unbranched alkanes of at least 4 members (excludes halogenated alkanes) is 1. The molecule has 0 saturated carbocycles. The third-order valence-electron chi connectivity index (χ3n) is 6.60. The number of rotatable bonds is 15. The highest BCUT2D eigenvalue weighted by Crippen LogP contribution is 2.31. The maximum absolute atomic E-state index is 13.4. The lowest BCUT2D eigenvalue weighted by Gasteiger charge is -2.23. The normalized spacial score (nSPS) is 11.5. The third-order valence-corrected chi connectivity index (χ3v) is 9.43. The van der Waals surface area contributed by atoms with Crippen LogP contribution in [0.3, 0.4) is 0 Å². The number of carbonyl (C=O) groups is 1. The van der Waals surface area contributed by atoms with Crippen molar-refractivity contribution in [3.05, 3.63) is 101 Å². The maximum atomic E-state index is 13.4. The van der Waals surface area contributed by atoms with Crippen LogP contribution in [0.5, 0.6) is 5.75 Å². The number of sulfonamides is 1. The van der Waals surface area contributed by atoms with Crippen LogP contribution in [0, 0.1) is 0 Å². The minimum atomic E-state index is -3.74. The Morgan fingerprint density at radius 2 is 1.61 bits per heavy atom. The SMILES string of the molecule is CCCCOc1ccc(S(=O)(=O)N(CC)c2ccc(-c3csc(CN(CC(=O)O)Cc4ccccc4)c3)cc2)cc1. The number of carboxylic acid groups (broad SMARTS) is 1. The fraction of sp³-hybridized carbons (Fsp3) is 0.281. The van der Waals surface area contributed by atoms with Crippen LogP contribution in [0.2, 0.25) is 0 Å². The number of nitrogens with zero attached hydrogens (tertiary/aromatic N) is 2. The highest BCUT2D eigenvalue weighted by atomic mass is 32.2. The molecule has 1 heterocycles.